The molecule has 0 spiro atoms. The molecule has 2 heterocycles. The van der Waals surface area contributed by atoms with Crippen molar-refractivity contribution in [1.82, 2.24) is 10.3 Å². The maximum Gasteiger partial charge on any atom is 0.332 e. The van der Waals surface area contributed by atoms with Gasteiger partial charge in [0, 0.05) is 30.8 Å². The van der Waals surface area contributed by atoms with E-state index >= 15 is 0 Å². The first-order chi connectivity index (χ1) is 16.6. The standard InChI is InChI=1S/C28H46N4O3/c1-15-4-7-25-28(3,35)21-6-5-17-18(20(21)14-32(25)13-15)11-22-19(17)12-24(30-31-26(29)34)23-10-16(33)8-9-27(22,23)2/h15-23,25,33,35H,4-14H2,1-3H3,(H3,29,31,34)/b30-24-/t15-,16-,17-,18-,19+,20+,21+,22+,23-,25+,27+,28+/m1/s1. The molecule has 2 aliphatic heterocycles. The number of amides is 2. The number of carbonyl (C=O) groups excluding carboxylic acids is 1. The van der Waals surface area contributed by atoms with Crippen molar-refractivity contribution in [3.63, 3.8) is 0 Å². The lowest BCUT2D eigenvalue weighted by molar-refractivity contribution is -0.175. The number of fused-ring (bicyclic) bond motifs is 8. The molecule has 4 saturated carbocycles. The van der Waals surface area contributed by atoms with E-state index in [0.717, 1.165) is 57.3 Å². The molecule has 0 aromatic rings. The number of hydrazone groups is 1. The van der Waals surface area contributed by atoms with Gasteiger partial charge in [0.1, 0.15) is 0 Å². The highest BCUT2D eigenvalue weighted by atomic mass is 16.3. The van der Waals surface area contributed by atoms with Crippen molar-refractivity contribution >= 4 is 11.7 Å². The minimum atomic E-state index is -0.614. The van der Waals surface area contributed by atoms with Gasteiger partial charge in [-0.2, -0.15) is 5.10 Å². The zero-order chi connectivity index (χ0) is 24.7. The Labute approximate surface area is 210 Å². The first-order valence-corrected chi connectivity index (χ1v) is 14.4. The number of nitrogens with zero attached hydrogens (tertiary/aromatic N) is 2. The van der Waals surface area contributed by atoms with Gasteiger partial charge in [0.25, 0.3) is 0 Å². The summed E-state index contributed by atoms with van der Waals surface area (Å²) in [6.07, 6.45) is 9.19. The Morgan fingerprint density at radius 2 is 1.83 bits per heavy atom. The van der Waals surface area contributed by atoms with E-state index in [0.29, 0.717) is 47.5 Å². The summed E-state index contributed by atoms with van der Waals surface area (Å²) in [4.78, 5) is 14.1. The number of rotatable bonds is 1. The molecule has 2 saturated heterocycles. The number of hydrogen-bond donors (Lipinski definition) is 4. The fraction of sp³-hybridized carbons (Fsp3) is 0.929. The van der Waals surface area contributed by atoms with E-state index in [1.807, 2.05) is 0 Å². The van der Waals surface area contributed by atoms with Crippen molar-refractivity contribution in [3.8, 4) is 0 Å². The van der Waals surface area contributed by atoms with Crippen LogP contribution in [0.5, 0.6) is 0 Å². The molecule has 196 valence electrons. The number of nitrogens with one attached hydrogen (secondary N) is 1. The maximum atomic E-state index is 11.9. The Morgan fingerprint density at radius 1 is 1.03 bits per heavy atom. The Kier molecular flexibility index (Phi) is 5.82. The number of aliphatic hydroxyl groups is 2. The molecule has 6 rings (SSSR count). The Morgan fingerprint density at radius 3 is 2.60 bits per heavy atom. The van der Waals surface area contributed by atoms with Crippen LogP contribution >= 0.6 is 0 Å². The third-order valence-electron chi connectivity index (χ3n) is 12.1. The van der Waals surface area contributed by atoms with E-state index < -0.39 is 11.6 Å². The van der Waals surface area contributed by atoms with Gasteiger partial charge in [-0.05, 0) is 112 Å². The summed E-state index contributed by atoms with van der Waals surface area (Å²) in [5.41, 5.74) is 8.47. The fourth-order valence-electron chi connectivity index (χ4n) is 10.6. The van der Waals surface area contributed by atoms with Crippen LogP contribution in [0.15, 0.2) is 5.10 Å². The van der Waals surface area contributed by atoms with Crippen LogP contribution in [0.25, 0.3) is 0 Å². The number of carbonyl (C=O) groups is 1. The molecule has 0 unspecified atom stereocenters. The summed E-state index contributed by atoms with van der Waals surface area (Å²) in [5.74, 6) is 4.42. The minimum absolute atomic E-state index is 0.104. The number of piperidine rings is 2. The second-order valence-corrected chi connectivity index (χ2v) is 13.8. The lowest BCUT2D eigenvalue weighted by Crippen LogP contribution is -2.67. The van der Waals surface area contributed by atoms with Crippen LogP contribution in [0, 0.1) is 52.8 Å². The molecule has 0 bridgehead atoms. The average molecular weight is 487 g/mol. The predicted octanol–water partition coefficient (Wildman–Crippen LogP) is 3.34. The maximum absolute atomic E-state index is 11.9. The molecule has 6 aliphatic rings. The number of urea groups is 1. The SMILES string of the molecule is C[C@@H]1CC[C@@H]2N(C1)C[C@H]1[C@@H]3C[C@H]4[C@@H](C/C(=N/NC(N)=O)[C@H]5C[C@H](O)CC[C@]54C)[C@@H]3CC[C@@H]1[C@]2(C)O. The van der Waals surface area contributed by atoms with Gasteiger partial charge in [-0.3, -0.25) is 4.90 Å². The van der Waals surface area contributed by atoms with Crippen LogP contribution in [0.2, 0.25) is 0 Å². The van der Waals surface area contributed by atoms with Crippen LogP contribution in [0.3, 0.4) is 0 Å². The van der Waals surface area contributed by atoms with Crippen molar-refractivity contribution in [1.29, 1.82) is 0 Å². The summed E-state index contributed by atoms with van der Waals surface area (Å²) in [5, 5.41) is 27.0. The third-order valence-corrected chi connectivity index (χ3v) is 12.1. The van der Waals surface area contributed by atoms with Crippen LogP contribution in [0.4, 0.5) is 4.79 Å². The summed E-state index contributed by atoms with van der Waals surface area (Å²) >= 11 is 0. The molecule has 0 aromatic carbocycles. The molecule has 12 atom stereocenters. The largest absolute Gasteiger partial charge is 0.393 e. The second-order valence-electron chi connectivity index (χ2n) is 13.8. The molecule has 5 N–H and O–H groups in total. The highest BCUT2D eigenvalue weighted by molar-refractivity contribution is 5.90. The van der Waals surface area contributed by atoms with Crippen molar-refractivity contribution in [3.05, 3.63) is 0 Å². The quantitative estimate of drug-likeness (QED) is 0.426. The van der Waals surface area contributed by atoms with Gasteiger partial charge < -0.3 is 15.9 Å². The van der Waals surface area contributed by atoms with Crippen LogP contribution in [0.1, 0.15) is 78.6 Å². The van der Waals surface area contributed by atoms with Crippen molar-refractivity contribution < 1.29 is 15.0 Å². The van der Waals surface area contributed by atoms with Gasteiger partial charge >= 0.3 is 6.03 Å². The molecule has 0 radical (unpaired) electrons. The average Bonchev–Trinajstić information content (AvgIpc) is 3.18. The smallest absolute Gasteiger partial charge is 0.332 e. The fourth-order valence-corrected chi connectivity index (χ4v) is 10.6. The molecule has 4 aliphatic carbocycles. The lowest BCUT2D eigenvalue weighted by Gasteiger charge is -2.59. The van der Waals surface area contributed by atoms with E-state index in [-0.39, 0.29) is 17.4 Å². The predicted molar refractivity (Wildman–Crippen MR) is 135 cm³/mol. The summed E-state index contributed by atoms with van der Waals surface area (Å²) in [7, 11) is 0. The van der Waals surface area contributed by atoms with Gasteiger partial charge in [0.05, 0.1) is 11.7 Å². The normalized spacial score (nSPS) is 54.7. The topological polar surface area (TPSA) is 111 Å². The number of aliphatic hydroxyl groups excluding tert-OH is 1. The Hall–Kier alpha value is -1.18. The van der Waals surface area contributed by atoms with Gasteiger partial charge in [0.15, 0.2) is 0 Å². The van der Waals surface area contributed by atoms with Crippen LogP contribution in [-0.2, 0) is 0 Å². The van der Waals surface area contributed by atoms with E-state index in [1.165, 1.54) is 19.3 Å². The lowest BCUT2D eigenvalue weighted by atomic mass is 9.51. The molecule has 7 nitrogen and oxygen atoms in total. The van der Waals surface area contributed by atoms with Crippen molar-refractivity contribution in [2.24, 2.45) is 63.6 Å². The molecular weight excluding hydrogens is 440 g/mol. The van der Waals surface area contributed by atoms with E-state index in [4.69, 9.17) is 5.73 Å². The number of hydrogen-bond acceptors (Lipinski definition) is 5. The second kappa shape index (κ2) is 8.42. The van der Waals surface area contributed by atoms with E-state index in [2.05, 4.69) is 36.2 Å². The molecule has 2 amide bonds. The molecule has 7 heteroatoms. The molecule has 35 heavy (non-hydrogen) atoms. The Balaban J connectivity index is 1.32. The summed E-state index contributed by atoms with van der Waals surface area (Å²) in [6, 6.07) is -0.294. The highest BCUT2D eigenvalue weighted by Crippen LogP contribution is 2.66. The highest BCUT2D eigenvalue weighted by Gasteiger charge is 2.64. The van der Waals surface area contributed by atoms with Crippen LogP contribution in [-0.4, -0.2) is 57.7 Å². The Bertz CT molecular complexity index is 891. The van der Waals surface area contributed by atoms with Gasteiger partial charge in [0.2, 0.25) is 0 Å². The van der Waals surface area contributed by atoms with Crippen LogP contribution < -0.4 is 11.2 Å². The third kappa shape index (κ3) is 3.70. The molecule has 0 aromatic heterocycles. The van der Waals surface area contributed by atoms with Crippen molar-refractivity contribution in [2.45, 2.75) is 96.3 Å². The summed E-state index contributed by atoms with van der Waals surface area (Å²) in [6.45, 7) is 9.24. The molecular formula is C28H46N4O3. The zero-order valence-electron chi connectivity index (χ0n) is 21.8. The first-order valence-electron chi connectivity index (χ1n) is 14.4. The molecule has 6 fully saturated rings. The van der Waals surface area contributed by atoms with Gasteiger partial charge in [-0.1, -0.05) is 13.8 Å². The summed E-state index contributed by atoms with van der Waals surface area (Å²) < 4.78 is 0. The van der Waals surface area contributed by atoms with Gasteiger partial charge in [-0.15, -0.1) is 0 Å². The minimum Gasteiger partial charge on any atom is -0.393 e. The van der Waals surface area contributed by atoms with Crippen molar-refractivity contribution in [2.75, 3.05) is 13.1 Å². The van der Waals surface area contributed by atoms with E-state index in [1.54, 1.807) is 0 Å². The van der Waals surface area contributed by atoms with E-state index in [9.17, 15) is 15.0 Å². The zero-order valence-corrected chi connectivity index (χ0v) is 21.8. The number of primary amides is 1. The van der Waals surface area contributed by atoms with Gasteiger partial charge in [-0.25, -0.2) is 10.2 Å². The first kappa shape index (κ1) is 24.2. The number of nitrogens with two attached hydrogens (primary N) is 1. The monoisotopic (exact) mass is 486 g/mol.